The SMILES string of the molecule is O=C(CCSc1ccccc1Cl)NCC1(C(=O)O)CC1. The number of carboxylic acid groups (broad SMARTS) is 1. The van der Waals surface area contributed by atoms with Crippen LogP contribution in [0.5, 0.6) is 0 Å². The van der Waals surface area contributed by atoms with Crippen molar-refractivity contribution in [3.8, 4) is 0 Å². The zero-order valence-corrected chi connectivity index (χ0v) is 12.5. The first-order valence-corrected chi connectivity index (χ1v) is 7.77. The van der Waals surface area contributed by atoms with Gasteiger partial charge in [-0.2, -0.15) is 0 Å². The summed E-state index contributed by atoms with van der Waals surface area (Å²) in [7, 11) is 0. The molecule has 0 bridgehead atoms. The monoisotopic (exact) mass is 313 g/mol. The Kier molecular flexibility index (Phi) is 4.94. The van der Waals surface area contributed by atoms with E-state index in [1.165, 1.54) is 11.8 Å². The van der Waals surface area contributed by atoms with Gasteiger partial charge < -0.3 is 10.4 Å². The number of thioether (sulfide) groups is 1. The van der Waals surface area contributed by atoms with E-state index in [1.54, 1.807) is 0 Å². The molecule has 1 aromatic rings. The molecule has 0 aromatic heterocycles. The molecule has 2 rings (SSSR count). The van der Waals surface area contributed by atoms with Crippen LogP contribution in [0.2, 0.25) is 5.02 Å². The first-order chi connectivity index (χ1) is 9.53. The Bertz CT molecular complexity index is 517. The minimum absolute atomic E-state index is 0.114. The average Bonchev–Trinajstić information content (AvgIpc) is 3.20. The van der Waals surface area contributed by atoms with E-state index in [0.717, 1.165) is 4.90 Å². The third-order valence-corrected chi connectivity index (χ3v) is 4.87. The molecule has 4 nitrogen and oxygen atoms in total. The fraction of sp³-hybridized carbons (Fsp3) is 0.429. The molecule has 2 N–H and O–H groups in total. The van der Waals surface area contributed by atoms with E-state index < -0.39 is 11.4 Å². The molecule has 0 heterocycles. The fourth-order valence-corrected chi connectivity index (χ4v) is 2.98. The van der Waals surface area contributed by atoms with Gasteiger partial charge in [-0.3, -0.25) is 9.59 Å². The second-order valence-electron chi connectivity index (χ2n) is 4.89. The van der Waals surface area contributed by atoms with Gasteiger partial charge in [-0.25, -0.2) is 0 Å². The largest absolute Gasteiger partial charge is 0.481 e. The smallest absolute Gasteiger partial charge is 0.311 e. The fourth-order valence-electron chi connectivity index (χ4n) is 1.79. The lowest BCUT2D eigenvalue weighted by Crippen LogP contribution is -2.34. The van der Waals surface area contributed by atoms with Crippen molar-refractivity contribution in [3.05, 3.63) is 29.3 Å². The van der Waals surface area contributed by atoms with Crippen LogP contribution < -0.4 is 5.32 Å². The molecule has 0 unspecified atom stereocenters. The Hall–Kier alpha value is -1.20. The summed E-state index contributed by atoms with van der Waals surface area (Å²) in [5.74, 6) is -0.310. The average molecular weight is 314 g/mol. The highest BCUT2D eigenvalue weighted by molar-refractivity contribution is 7.99. The van der Waals surface area contributed by atoms with Crippen molar-refractivity contribution in [3.63, 3.8) is 0 Å². The van der Waals surface area contributed by atoms with Crippen molar-refractivity contribution in [2.75, 3.05) is 12.3 Å². The number of rotatable bonds is 7. The number of aliphatic carboxylic acids is 1. The summed E-state index contributed by atoms with van der Waals surface area (Å²) in [6, 6.07) is 7.49. The van der Waals surface area contributed by atoms with Gasteiger partial charge in [0.15, 0.2) is 0 Å². The molecule has 1 aromatic carbocycles. The summed E-state index contributed by atoms with van der Waals surface area (Å²) in [4.78, 5) is 23.6. The van der Waals surface area contributed by atoms with Crippen molar-refractivity contribution in [2.45, 2.75) is 24.2 Å². The number of benzene rings is 1. The lowest BCUT2D eigenvalue weighted by Gasteiger charge is -2.11. The van der Waals surface area contributed by atoms with E-state index in [0.29, 0.717) is 30.0 Å². The van der Waals surface area contributed by atoms with Crippen LogP contribution in [0.4, 0.5) is 0 Å². The third kappa shape index (κ3) is 3.90. The van der Waals surface area contributed by atoms with E-state index in [9.17, 15) is 9.59 Å². The number of carbonyl (C=O) groups is 2. The molecule has 0 spiro atoms. The molecule has 1 aliphatic carbocycles. The lowest BCUT2D eigenvalue weighted by molar-refractivity contribution is -0.143. The van der Waals surface area contributed by atoms with Crippen molar-refractivity contribution in [1.82, 2.24) is 5.32 Å². The molecule has 20 heavy (non-hydrogen) atoms. The van der Waals surface area contributed by atoms with Gasteiger partial charge in [-0.05, 0) is 25.0 Å². The molecule has 1 amide bonds. The molecule has 0 atom stereocenters. The number of halogens is 1. The highest BCUT2D eigenvalue weighted by atomic mass is 35.5. The van der Waals surface area contributed by atoms with Gasteiger partial charge in [-0.15, -0.1) is 11.8 Å². The predicted molar refractivity (Wildman–Crippen MR) is 79.1 cm³/mol. The van der Waals surface area contributed by atoms with Gasteiger partial charge in [0.25, 0.3) is 0 Å². The maximum Gasteiger partial charge on any atom is 0.311 e. The zero-order chi connectivity index (χ0) is 14.6. The van der Waals surface area contributed by atoms with Crippen molar-refractivity contribution < 1.29 is 14.7 Å². The maximum atomic E-state index is 11.7. The molecule has 108 valence electrons. The first kappa shape index (κ1) is 15.2. The highest BCUT2D eigenvalue weighted by Crippen LogP contribution is 2.45. The predicted octanol–water partition coefficient (Wildman–Crippen LogP) is 2.80. The van der Waals surface area contributed by atoms with E-state index in [1.807, 2.05) is 24.3 Å². The second kappa shape index (κ2) is 6.50. The molecule has 0 radical (unpaired) electrons. The third-order valence-electron chi connectivity index (χ3n) is 3.35. The Morgan fingerprint density at radius 1 is 1.35 bits per heavy atom. The standard InChI is InChI=1S/C14H16ClNO3S/c15-10-3-1-2-4-11(10)20-8-5-12(17)16-9-14(6-7-14)13(18)19/h1-4H,5-9H2,(H,16,17)(H,18,19). The molecular weight excluding hydrogens is 298 g/mol. The molecule has 0 saturated heterocycles. The van der Waals surface area contributed by atoms with Gasteiger partial charge >= 0.3 is 5.97 Å². The quantitative estimate of drug-likeness (QED) is 0.760. The van der Waals surface area contributed by atoms with Gasteiger partial charge in [-0.1, -0.05) is 23.7 Å². The molecule has 6 heteroatoms. The molecule has 1 saturated carbocycles. The Labute approximate surface area is 126 Å². The molecule has 1 aliphatic rings. The summed E-state index contributed by atoms with van der Waals surface area (Å²) in [5, 5.41) is 12.4. The van der Waals surface area contributed by atoms with Crippen LogP contribution in [0.15, 0.2) is 29.2 Å². The Balaban J connectivity index is 1.68. The highest BCUT2D eigenvalue weighted by Gasteiger charge is 2.50. The summed E-state index contributed by atoms with van der Waals surface area (Å²) in [6.07, 6.45) is 1.65. The van der Waals surface area contributed by atoms with E-state index in [4.69, 9.17) is 16.7 Å². The minimum atomic E-state index is -0.816. The molecule has 0 aliphatic heterocycles. The van der Waals surface area contributed by atoms with Gasteiger partial charge in [0, 0.05) is 23.6 Å². The van der Waals surface area contributed by atoms with Gasteiger partial charge in [0.1, 0.15) is 0 Å². The van der Waals surface area contributed by atoms with Crippen LogP contribution in [0.25, 0.3) is 0 Å². The van der Waals surface area contributed by atoms with Crippen LogP contribution in [0.1, 0.15) is 19.3 Å². The summed E-state index contributed by atoms with van der Waals surface area (Å²) in [5.41, 5.74) is -0.703. The van der Waals surface area contributed by atoms with E-state index in [2.05, 4.69) is 5.32 Å². The number of carbonyl (C=O) groups excluding carboxylic acids is 1. The maximum absolute atomic E-state index is 11.7. The number of amides is 1. The normalized spacial score (nSPS) is 15.7. The van der Waals surface area contributed by atoms with Crippen molar-refractivity contribution in [1.29, 1.82) is 0 Å². The summed E-state index contributed by atoms with van der Waals surface area (Å²) < 4.78 is 0. The Morgan fingerprint density at radius 3 is 2.65 bits per heavy atom. The zero-order valence-electron chi connectivity index (χ0n) is 10.9. The second-order valence-corrected chi connectivity index (χ2v) is 6.44. The molecule has 1 fully saturated rings. The first-order valence-electron chi connectivity index (χ1n) is 6.41. The van der Waals surface area contributed by atoms with Crippen LogP contribution in [0.3, 0.4) is 0 Å². The number of hydrogen-bond acceptors (Lipinski definition) is 3. The van der Waals surface area contributed by atoms with E-state index >= 15 is 0 Å². The minimum Gasteiger partial charge on any atom is -0.481 e. The molecular formula is C14H16ClNO3S. The lowest BCUT2D eigenvalue weighted by atomic mass is 10.1. The summed E-state index contributed by atoms with van der Waals surface area (Å²) >= 11 is 7.54. The van der Waals surface area contributed by atoms with Crippen LogP contribution in [-0.4, -0.2) is 29.3 Å². The number of nitrogens with one attached hydrogen (secondary N) is 1. The topological polar surface area (TPSA) is 66.4 Å². The number of hydrogen-bond donors (Lipinski definition) is 2. The number of carboxylic acids is 1. The van der Waals surface area contributed by atoms with Crippen molar-refractivity contribution >= 4 is 35.2 Å². The van der Waals surface area contributed by atoms with Crippen LogP contribution in [-0.2, 0) is 9.59 Å². The van der Waals surface area contributed by atoms with Gasteiger partial charge in [0.05, 0.1) is 10.4 Å². The van der Waals surface area contributed by atoms with E-state index in [-0.39, 0.29) is 12.5 Å². The van der Waals surface area contributed by atoms with Gasteiger partial charge in [0.2, 0.25) is 5.91 Å². The van der Waals surface area contributed by atoms with Crippen molar-refractivity contribution in [2.24, 2.45) is 5.41 Å². The summed E-state index contributed by atoms with van der Waals surface area (Å²) in [6.45, 7) is 0.234. The van der Waals surface area contributed by atoms with Crippen LogP contribution >= 0.6 is 23.4 Å². The Morgan fingerprint density at radius 2 is 2.05 bits per heavy atom. The van der Waals surface area contributed by atoms with Crippen LogP contribution in [0, 0.1) is 5.41 Å².